The van der Waals surface area contributed by atoms with Crippen LogP contribution in [0.5, 0.6) is 5.88 Å². The summed E-state index contributed by atoms with van der Waals surface area (Å²) in [7, 11) is 1.37. The van der Waals surface area contributed by atoms with E-state index in [-0.39, 0.29) is 11.4 Å². The predicted octanol–water partition coefficient (Wildman–Crippen LogP) is 2.22. The molecule has 0 radical (unpaired) electrons. The number of rotatable bonds is 3. The molecule has 0 atom stereocenters. The number of aryl methyl sites for hydroxylation is 1. The Kier molecular flexibility index (Phi) is 3.06. The van der Waals surface area contributed by atoms with Crippen LogP contribution in [0.3, 0.4) is 0 Å². The molecule has 0 fully saturated rings. The van der Waals surface area contributed by atoms with Crippen molar-refractivity contribution in [2.24, 2.45) is 0 Å². The number of carbonyl (C=O) groups is 1. The van der Waals surface area contributed by atoms with Crippen molar-refractivity contribution in [1.29, 1.82) is 0 Å². The van der Waals surface area contributed by atoms with Gasteiger partial charge in [0.05, 0.1) is 12.0 Å². The lowest BCUT2D eigenvalue weighted by Crippen LogP contribution is -2.04. The highest BCUT2D eigenvalue weighted by Gasteiger charge is 2.15. The fourth-order valence-electron chi connectivity index (χ4n) is 1.38. The average Bonchev–Trinajstić information content (AvgIpc) is 2.75. The van der Waals surface area contributed by atoms with Crippen LogP contribution in [0.2, 0.25) is 0 Å². The molecule has 0 saturated carbocycles. The van der Waals surface area contributed by atoms with Crippen LogP contribution >= 0.6 is 11.3 Å². The number of carboxylic acid groups (broad SMARTS) is 1. The zero-order chi connectivity index (χ0) is 12.4. The smallest absolute Gasteiger partial charge is 0.341 e. The van der Waals surface area contributed by atoms with E-state index in [9.17, 15) is 4.79 Å². The Morgan fingerprint density at radius 2 is 2.18 bits per heavy atom. The van der Waals surface area contributed by atoms with Crippen molar-refractivity contribution in [2.75, 3.05) is 7.11 Å². The second-order valence-electron chi connectivity index (χ2n) is 3.37. The molecule has 2 heterocycles. The highest BCUT2D eigenvalue weighted by molar-refractivity contribution is 7.15. The lowest BCUT2D eigenvalue weighted by Gasteiger charge is -2.03. The maximum Gasteiger partial charge on any atom is 0.341 e. The van der Waals surface area contributed by atoms with E-state index in [1.54, 1.807) is 0 Å². The SMILES string of the molecule is COc1nnc(-c2ccc(C)s2)cc1C(=O)O. The summed E-state index contributed by atoms with van der Waals surface area (Å²) < 4.78 is 4.85. The third-order valence-electron chi connectivity index (χ3n) is 2.18. The van der Waals surface area contributed by atoms with Gasteiger partial charge in [-0.05, 0) is 25.1 Å². The van der Waals surface area contributed by atoms with Crippen molar-refractivity contribution in [3.8, 4) is 16.5 Å². The molecule has 6 heteroatoms. The average molecular weight is 250 g/mol. The molecule has 5 nitrogen and oxygen atoms in total. The number of nitrogens with zero attached hydrogens (tertiary/aromatic N) is 2. The first-order chi connectivity index (χ1) is 8.11. The minimum Gasteiger partial charge on any atom is -0.479 e. The van der Waals surface area contributed by atoms with Gasteiger partial charge < -0.3 is 9.84 Å². The Morgan fingerprint density at radius 3 is 2.71 bits per heavy atom. The zero-order valence-corrected chi connectivity index (χ0v) is 10.1. The first-order valence-electron chi connectivity index (χ1n) is 4.83. The molecule has 0 bridgehead atoms. The minimum absolute atomic E-state index is 0.0172. The van der Waals surface area contributed by atoms with Gasteiger partial charge in [0.25, 0.3) is 0 Å². The van der Waals surface area contributed by atoms with Gasteiger partial charge in [0.2, 0.25) is 5.88 Å². The van der Waals surface area contributed by atoms with E-state index in [4.69, 9.17) is 9.84 Å². The molecule has 1 N–H and O–H groups in total. The molecule has 0 aliphatic heterocycles. The summed E-state index contributed by atoms with van der Waals surface area (Å²) in [4.78, 5) is 13.0. The first kappa shape index (κ1) is 11.5. The molecular weight excluding hydrogens is 240 g/mol. The Labute approximate surface area is 102 Å². The van der Waals surface area contributed by atoms with Gasteiger partial charge in [-0.3, -0.25) is 0 Å². The summed E-state index contributed by atoms with van der Waals surface area (Å²) in [5.74, 6) is -1.05. The van der Waals surface area contributed by atoms with Crippen LogP contribution in [-0.4, -0.2) is 28.4 Å². The first-order valence-corrected chi connectivity index (χ1v) is 5.65. The molecule has 0 unspecified atom stereocenters. The molecule has 2 aromatic rings. The van der Waals surface area contributed by atoms with Crippen LogP contribution in [0.15, 0.2) is 18.2 Å². The third-order valence-corrected chi connectivity index (χ3v) is 3.20. The van der Waals surface area contributed by atoms with Crippen LogP contribution in [0.4, 0.5) is 0 Å². The largest absolute Gasteiger partial charge is 0.479 e. The van der Waals surface area contributed by atoms with E-state index in [0.29, 0.717) is 5.69 Å². The van der Waals surface area contributed by atoms with Gasteiger partial charge in [0.1, 0.15) is 11.3 Å². The second kappa shape index (κ2) is 4.50. The molecular formula is C11H10N2O3S. The van der Waals surface area contributed by atoms with Crippen molar-refractivity contribution in [2.45, 2.75) is 6.92 Å². The Balaban J connectivity index is 2.50. The molecule has 0 aliphatic carbocycles. The van der Waals surface area contributed by atoms with Crippen LogP contribution < -0.4 is 4.74 Å². The monoisotopic (exact) mass is 250 g/mol. The Morgan fingerprint density at radius 1 is 1.41 bits per heavy atom. The summed E-state index contributed by atoms with van der Waals surface area (Å²) in [6.45, 7) is 1.98. The van der Waals surface area contributed by atoms with Crippen molar-refractivity contribution in [3.63, 3.8) is 0 Å². The highest BCUT2D eigenvalue weighted by atomic mass is 32.1. The van der Waals surface area contributed by atoms with Crippen molar-refractivity contribution < 1.29 is 14.6 Å². The number of carboxylic acids is 1. The molecule has 2 aromatic heterocycles. The van der Waals surface area contributed by atoms with Gasteiger partial charge in [-0.15, -0.1) is 21.5 Å². The molecule has 0 aromatic carbocycles. The van der Waals surface area contributed by atoms with Gasteiger partial charge in [-0.1, -0.05) is 0 Å². The standard InChI is InChI=1S/C11H10N2O3S/c1-6-3-4-9(17-6)8-5-7(11(14)15)10(16-2)13-12-8/h3-5H,1-2H3,(H,14,15). The van der Waals surface area contributed by atoms with Crippen molar-refractivity contribution in [1.82, 2.24) is 10.2 Å². The Bertz CT molecular complexity index is 566. The highest BCUT2D eigenvalue weighted by Crippen LogP contribution is 2.28. The molecule has 88 valence electrons. The number of hydrogen-bond donors (Lipinski definition) is 1. The van der Waals surface area contributed by atoms with E-state index < -0.39 is 5.97 Å². The van der Waals surface area contributed by atoms with Crippen LogP contribution in [0.25, 0.3) is 10.6 Å². The summed E-state index contributed by atoms with van der Waals surface area (Å²) in [5, 5.41) is 16.7. The molecule has 0 aliphatic rings. The lowest BCUT2D eigenvalue weighted by atomic mass is 10.2. The molecule has 0 saturated heterocycles. The zero-order valence-electron chi connectivity index (χ0n) is 9.30. The number of aromatic nitrogens is 2. The quantitative estimate of drug-likeness (QED) is 0.904. The molecule has 0 amide bonds. The van der Waals surface area contributed by atoms with Crippen LogP contribution in [0.1, 0.15) is 15.2 Å². The normalized spacial score (nSPS) is 10.2. The number of thiophene rings is 1. The topological polar surface area (TPSA) is 72.3 Å². The third kappa shape index (κ3) is 2.26. The number of hydrogen-bond acceptors (Lipinski definition) is 5. The van der Waals surface area contributed by atoms with E-state index in [1.165, 1.54) is 24.5 Å². The fourth-order valence-corrected chi connectivity index (χ4v) is 2.20. The van der Waals surface area contributed by atoms with Gasteiger partial charge in [0, 0.05) is 4.88 Å². The Hall–Kier alpha value is -1.95. The fraction of sp³-hybridized carbons (Fsp3) is 0.182. The summed E-state index contributed by atoms with van der Waals surface area (Å²) in [5.41, 5.74) is 0.560. The minimum atomic E-state index is -1.08. The predicted molar refractivity (Wildman–Crippen MR) is 63.6 cm³/mol. The van der Waals surface area contributed by atoms with Gasteiger partial charge in [-0.2, -0.15) is 0 Å². The van der Waals surface area contributed by atoms with E-state index >= 15 is 0 Å². The van der Waals surface area contributed by atoms with Crippen molar-refractivity contribution in [3.05, 3.63) is 28.6 Å². The van der Waals surface area contributed by atoms with Crippen molar-refractivity contribution >= 4 is 17.3 Å². The molecule has 2 rings (SSSR count). The number of aromatic carboxylic acids is 1. The maximum atomic E-state index is 11.0. The maximum absolute atomic E-state index is 11.0. The van der Waals surface area contributed by atoms with Gasteiger partial charge in [0.15, 0.2) is 0 Å². The molecule has 17 heavy (non-hydrogen) atoms. The van der Waals surface area contributed by atoms with Crippen LogP contribution in [0, 0.1) is 6.92 Å². The van der Waals surface area contributed by atoms with Gasteiger partial charge in [-0.25, -0.2) is 4.79 Å². The second-order valence-corrected chi connectivity index (χ2v) is 4.66. The lowest BCUT2D eigenvalue weighted by molar-refractivity contribution is 0.0692. The number of ether oxygens (including phenoxy) is 1. The molecule has 0 spiro atoms. The summed E-state index contributed by atoms with van der Waals surface area (Å²) >= 11 is 1.54. The van der Waals surface area contributed by atoms with E-state index in [2.05, 4.69) is 10.2 Å². The summed E-state index contributed by atoms with van der Waals surface area (Å²) in [6, 6.07) is 5.31. The van der Waals surface area contributed by atoms with Crippen LogP contribution in [-0.2, 0) is 0 Å². The van der Waals surface area contributed by atoms with E-state index in [1.807, 2.05) is 19.1 Å². The number of methoxy groups -OCH3 is 1. The summed E-state index contributed by atoms with van der Waals surface area (Å²) in [6.07, 6.45) is 0. The van der Waals surface area contributed by atoms with Gasteiger partial charge >= 0.3 is 5.97 Å². The van der Waals surface area contributed by atoms with E-state index in [0.717, 1.165) is 9.75 Å².